The van der Waals surface area contributed by atoms with Crippen LogP contribution in [0.4, 0.5) is 5.69 Å². The molecule has 0 aromatic heterocycles. The fourth-order valence-electron chi connectivity index (χ4n) is 3.14. The third-order valence-electron chi connectivity index (χ3n) is 4.47. The summed E-state index contributed by atoms with van der Waals surface area (Å²) >= 11 is 3.32. The molecule has 1 unspecified atom stereocenters. The molecule has 7 nitrogen and oxygen atoms in total. The Hall–Kier alpha value is -2.58. The highest BCUT2D eigenvalue weighted by Gasteiger charge is 2.47. The number of hydrogen-bond acceptors (Lipinski definition) is 6. The molecule has 2 aromatic carbocycles. The fraction of sp³-hybridized carbons (Fsp3) is 0.263. The minimum Gasteiger partial charge on any atom is -0.493 e. The number of fused-ring (bicyclic) bond motifs is 1. The number of carbonyl (C=O) groups is 2. The Bertz CT molecular complexity index is 929. The van der Waals surface area contributed by atoms with E-state index in [0.717, 1.165) is 0 Å². The molecule has 2 N–H and O–H groups in total. The van der Waals surface area contributed by atoms with Crippen molar-refractivity contribution in [2.24, 2.45) is 0 Å². The van der Waals surface area contributed by atoms with Crippen LogP contribution in [0.25, 0.3) is 0 Å². The van der Waals surface area contributed by atoms with Crippen LogP contribution in [0.15, 0.2) is 34.8 Å². The highest BCUT2D eigenvalue weighted by Crippen LogP contribution is 2.43. The monoisotopic (exact) mass is 435 g/mol. The summed E-state index contributed by atoms with van der Waals surface area (Å²) in [6, 6.07) is 8.10. The second-order valence-corrected chi connectivity index (χ2v) is 6.90. The summed E-state index contributed by atoms with van der Waals surface area (Å²) in [5.74, 6) is -0.283. The van der Waals surface area contributed by atoms with Crippen LogP contribution in [-0.4, -0.2) is 38.1 Å². The molecule has 1 aliphatic heterocycles. The first-order chi connectivity index (χ1) is 12.8. The van der Waals surface area contributed by atoms with E-state index in [-0.39, 0.29) is 17.1 Å². The lowest BCUT2D eigenvalue weighted by atomic mass is 9.88. The molecule has 1 aliphatic rings. The van der Waals surface area contributed by atoms with Gasteiger partial charge in [0.05, 0.1) is 33.3 Å². The zero-order valence-electron chi connectivity index (χ0n) is 15.0. The fourth-order valence-corrected chi connectivity index (χ4v) is 3.50. The summed E-state index contributed by atoms with van der Waals surface area (Å²) in [4.78, 5) is 25.4. The molecule has 0 bridgehead atoms. The SMILES string of the molecule is COc1ccc(C(=O)CC2(O)C(=O)Nc3ccc(Br)cc32)c(OC)c1OC. The normalized spacial score (nSPS) is 17.9. The van der Waals surface area contributed by atoms with Crippen molar-refractivity contribution in [3.63, 3.8) is 0 Å². The number of Topliss-reactive ketones (excluding diaryl/α,β-unsaturated/α-hetero) is 1. The molecule has 142 valence electrons. The van der Waals surface area contributed by atoms with Crippen molar-refractivity contribution in [3.05, 3.63) is 45.9 Å². The third-order valence-corrected chi connectivity index (χ3v) is 4.97. The number of aliphatic hydroxyl groups is 1. The molecule has 1 atom stereocenters. The molecule has 0 radical (unpaired) electrons. The molecule has 3 rings (SSSR count). The lowest BCUT2D eigenvalue weighted by Gasteiger charge is -2.21. The maximum absolute atomic E-state index is 13.0. The highest BCUT2D eigenvalue weighted by molar-refractivity contribution is 9.10. The van der Waals surface area contributed by atoms with E-state index in [1.54, 1.807) is 24.3 Å². The first-order valence-corrected chi connectivity index (χ1v) is 8.81. The Kier molecular flexibility index (Phi) is 5.12. The summed E-state index contributed by atoms with van der Waals surface area (Å²) < 4.78 is 16.5. The van der Waals surface area contributed by atoms with Gasteiger partial charge in [-0.15, -0.1) is 0 Å². The van der Waals surface area contributed by atoms with Crippen LogP contribution in [0.1, 0.15) is 22.3 Å². The number of amides is 1. The van der Waals surface area contributed by atoms with Gasteiger partial charge in [-0.3, -0.25) is 9.59 Å². The Morgan fingerprint density at radius 3 is 2.44 bits per heavy atom. The highest BCUT2D eigenvalue weighted by atomic mass is 79.9. The van der Waals surface area contributed by atoms with Gasteiger partial charge in [0.1, 0.15) is 0 Å². The quantitative estimate of drug-likeness (QED) is 0.677. The van der Waals surface area contributed by atoms with Crippen LogP contribution in [0.2, 0.25) is 0 Å². The largest absolute Gasteiger partial charge is 0.493 e. The average molecular weight is 436 g/mol. The number of halogens is 1. The molecular weight excluding hydrogens is 418 g/mol. The second-order valence-electron chi connectivity index (χ2n) is 5.99. The Balaban J connectivity index is 2.02. The Labute approximate surface area is 164 Å². The van der Waals surface area contributed by atoms with Gasteiger partial charge >= 0.3 is 0 Å². The van der Waals surface area contributed by atoms with Crippen molar-refractivity contribution in [3.8, 4) is 17.2 Å². The first kappa shape index (κ1) is 19.2. The van der Waals surface area contributed by atoms with E-state index in [1.165, 1.54) is 27.4 Å². The molecule has 8 heteroatoms. The number of hydrogen-bond donors (Lipinski definition) is 2. The average Bonchev–Trinajstić information content (AvgIpc) is 2.90. The van der Waals surface area contributed by atoms with Crippen LogP contribution in [0.3, 0.4) is 0 Å². The Morgan fingerprint density at radius 1 is 1.11 bits per heavy atom. The molecule has 0 spiro atoms. The minimum absolute atomic E-state index is 0.179. The van der Waals surface area contributed by atoms with Gasteiger partial charge in [0.15, 0.2) is 22.9 Å². The number of nitrogens with one attached hydrogen (secondary N) is 1. The zero-order valence-corrected chi connectivity index (χ0v) is 16.5. The van der Waals surface area contributed by atoms with E-state index < -0.39 is 23.7 Å². The topological polar surface area (TPSA) is 94.1 Å². The van der Waals surface area contributed by atoms with Crippen molar-refractivity contribution in [2.75, 3.05) is 26.6 Å². The van der Waals surface area contributed by atoms with Crippen molar-refractivity contribution in [1.82, 2.24) is 0 Å². The molecular formula is C19H18BrNO6. The summed E-state index contributed by atoms with van der Waals surface area (Å²) in [6.45, 7) is 0. The van der Waals surface area contributed by atoms with E-state index >= 15 is 0 Å². The van der Waals surface area contributed by atoms with Crippen LogP contribution in [0.5, 0.6) is 17.2 Å². The van der Waals surface area contributed by atoms with E-state index in [4.69, 9.17) is 14.2 Å². The first-order valence-electron chi connectivity index (χ1n) is 8.01. The van der Waals surface area contributed by atoms with Gasteiger partial charge in [-0.25, -0.2) is 0 Å². The summed E-state index contributed by atoms with van der Waals surface area (Å²) in [5.41, 5.74) is -0.985. The standard InChI is InChI=1S/C19H18BrNO6/c1-25-15-7-5-11(16(26-2)17(15)27-3)14(22)9-19(24)12-8-10(20)4-6-13(12)21-18(19)23/h4-8,24H,9H2,1-3H3,(H,21,23). The van der Waals surface area contributed by atoms with Crippen LogP contribution in [0, 0.1) is 0 Å². The number of rotatable bonds is 6. The lowest BCUT2D eigenvalue weighted by molar-refractivity contribution is -0.133. The number of methoxy groups -OCH3 is 3. The summed E-state index contributed by atoms with van der Waals surface area (Å²) in [7, 11) is 4.30. The third kappa shape index (κ3) is 3.15. The molecule has 27 heavy (non-hydrogen) atoms. The minimum atomic E-state index is -1.98. The molecule has 0 fully saturated rings. The number of benzene rings is 2. The van der Waals surface area contributed by atoms with Gasteiger partial charge in [-0.05, 0) is 30.3 Å². The van der Waals surface area contributed by atoms with E-state index in [9.17, 15) is 14.7 Å². The smallest absolute Gasteiger partial charge is 0.261 e. The molecule has 0 aliphatic carbocycles. The maximum atomic E-state index is 13.0. The van der Waals surface area contributed by atoms with Crippen molar-refractivity contribution in [2.45, 2.75) is 12.0 Å². The molecule has 0 saturated heterocycles. The van der Waals surface area contributed by atoms with Crippen LogP contribution < -0.4 is 19.5 Å². The van der Waals surface area contributed by atoms with Gasteiger partial charge in [-0.2, -0.15) is 0 Å². The van der Waals surface area contributed by atoms with Crippen LogP contribution in [-0.2, 0) is 10.4 Å². The van der Waals surface area contributed by atoms with E-state index in [2.05, 4.69) is 21.2 Å². The molecule has 1 amide bonds. The zero-order chi connectivity index (χ0) is 19.8. The number of ether oxygens (including phenoxy) is 3. The van der Waals surface area contributed by atoms with Crippen molar-refractivity contribution >= 4 is 33.3 Å². The molecule has 2 aromatic rings. The molecule has 1 heterocycles. The van der Waals surface area contributed by atoms with Crippen LogP contribution >= 0.6 is 15.9 Å². The maximum Gasteiger partial charge on any atom is 0.261 e. The van der Waals surface area contributed by atoms with Gasteiger partial charge in [-0.1, -0.05) is 15.9 Å². The number of ketones is 1. The van der Waals surface area contributed by atoms with Crippen molar-refractivity contribution in [1.29, 1.82) is 0 Å². The second kappa shape index (κ2) is 7.21. The van der Waals surface area contributed by atoms with Gasteiger partial charge in [0.25, 0.3) is 5.91 Å². The Morgan fingerprint density at radius 2 is 1.81 bits per heavy atom. The predicted octanol–water partition coefficient (Wildman–Crippen LogP) is 2.89. The van der Waals surface area contributed by atoms with E-state index in [1.807, 2.05) is 0 Å². The number of anilines is 1. The van der Waals surface area contributed by atoms with E-state index in [0.29, 0.717) is 21.5 Å². The lowest BCUT2D eigenvalue weighted by Crippen LogP contribution is -2.36. The summed E-state index contributed by atoms with van der Waals surface area (Å²) in [6.07, 6.45) is -0.450. The number of carbonyl (C=O) groups excluding carboxylic acids is 2. The van der Waals surface area contributed by atoms with Gasteiger partial charge in [0, 0.05) is 15.7 Å². The van der Waals surface area contributed by atoms with Gasteiger partial charge < -0.3 is 24.6 Å². The summed E-state index contributed by atoms with van der Waals surface area (Å²) in [5, 5.41) is 13.6. The van der Waals surface area contributed by atoms with Gasteiger partial charge in [0.2, 0.25) is 5.75 Å². The van der Waals surface area contributed by atoms with Crippen molar-refractivity contribution < 1.29 is 28.9 Å². The molecule has 0 saturated carbocycles. The predicted molar refractivity (Wildman–Crippen MR) is 102 cm³/mol.